The van der Waals surface area contributed by atoms with E-state index in [0.717, 1.165) is 34.9 Å². The van der Waals surface area contributed by atoms with Gasteiger partial charge in [0.25, 0.3) is 0 Å². The van der Waals surface area contributed by atoms with Crippen molar-refractivity contribution in [1.29, 1.82) is 0 Å². The maximum atomic E-state index is 12.8. The summed E-state index contributed by atoms with van der Waals surface area (Å²) >= 11 is 5.80. The molecule has 1 aliphatic heterocycles. The maximum absolute atomic E-state index is 12.8. The van der Waals surface area contributed by atoms with Crippen molar-refractivity contribution < 1.29 is 4.79 Å². The average Bonchev–Trinajstić information content (AvgIpc) is 3.39. The number of hydrogen-bond donors (Lipinski definition) is 2. The van der Waals surface area contributed by atoms with E-state index in [1.54, 1.807) is 12.4 Å². The average molecular weight is 511 g/mol. The lowest BCUT2D eigenvalue weighted by molar-refractivity contribution is -0.116. The van der Waals surface area contributed by atoms with Crippen molar-refractivity contribution in [3.05, 3.63) is 114 Å². The Labute approximate surface area is 222 Å². The van der Waals surface area contributed by atoms with Crippen molar-refractivity contribution in [2.45, 2.75) is 38.9 Å². The topological polar surface area (TPSA) is 75.1 Å². The minimum Gasteiger partial charge on any atom is -0.352 e. The summed E-state index contributed by atoms with van der Waals surface area (Å²) in [5.41, 5.74) is 6.35. The van der Waals surface area contributed by atoms with Crippen molar-refractivity contribution >= 4 is 28.9 Å². The first kappa shape index (κ1) is 24.6. The van der Waals surface area contributed by atoms with E-state index in [1.165, 1.54) is 5.56 Å². The first-order valence-corrected chi connectivity index (χ1v) is 12.8. The van der Waals surface area contributed by atoms with Crippen molar-refractivity contribution in [2.24, 2.45) is 0 Å². The molecule has 1 amide bonds. The molecule has 4 heterocycles. The molecule has 1 fully saturated rings. The highest BCUT2D eigenvalue weighted by atomic mass is 32.1. The van der Waals surface area contributed by atoms with E-state index >= 15 is 0 Å². The van der Waals surface area contributed by atoms with E-state index in [9.17, 15) is 4.79 Å². The minimum absolute atomic E-state index is 0.0453. The summed E-state index contributed by atoms with van der Waals surface area (Å²) in [7, 11) is 0. The molecule has 2 atom stereocenters. The van der Waals surface area contributed by atoms with E-state index in [4.69, 9.17) is 12.2 Å². The smallest absolute Gasteiger partial charge is 0.226 e. The van der Waals surface area contributed by atoms with E-state index in [1.807, 2.05) is 60.8 Å². The summed E-state index contributed by atoms with van der Waals surface area (Å²) in [5, 5.41) is 7.10. The van der Waals surface area contributed by atoms with Crippen LogP contribution in [0.4, 0.5) is 5.69 Å². The van der Waals surface area contributed by atoms with Crippen LogP contribution in [-0.2, 0) is 11.3 Å². The molecule has 37 heavy (non-hydrogen) atoms. The number of amides is 1. The van der Waals surface area contributed by atoms with Gasteiger partial charge in [0.05, 0.1) is 17.8 Å². The molecule has 1 aromatic carbocycles. The number of pyridine rings is 2. The number of nitrogens with zero attached hydrogens (tertiary/aromatic N) is 4. The second-order valence-electron chi connectivity index (χ2n) is 9.26. The summed E-state index contributed by atoms with van der Waals surface area (Å²) in [4.78, 5) is 23.8. The Morgan fingerprint density at radius 3 is 2.59 bits per heavy atom. The van der Waals surface area contributed by atoms with E-state index in [0.29, 0.717) is 18.1 Å². The third-order valence-corrected chi connectivity index (χ3v) is 7.18. The fourth-order valence-corrected chi connectivity index (χ4v) is 5.33. The van der Waals surface area contributed by atoms with Crippen LogP contribution in [0.2, 0.25) is 0 Å². The summed E-state index contributed by atoms with van der Waals surface area (Å²) in [6, 6.07) is 21.5. The fourth-order valence-electron chi connectivity index (χ4n) is 5.00. The van der Waals surface area contributed by atoms with Gasteiger partial charge in [-0.2, -0.15) is 0 Å². The highest BCUT2D eigenvalue weighted by Crippen LogP contribution is 2.41. The monoisotopic (exact) mass is 510 g/mol. The normalized spacial score (nSPS) is 17.0. The van der Waals surface area contributed by atoms with Gasteiger partial charge >= 0.3 is 0 Å². The molecule has 0 radical (unpaired) electrons. The lowest BCUT2D eigenvalue weighted by atomic mass is 9.96. The number of thiocarbonyl (C=S) groups is 1. The SMILES string of the molecule is Cc1cc([C@H]2[C@@H](c3ccccn3)NC(=S)N2CCC(=O)Nc2ccccc2)c(C)n1Cc1cccnc1. The van der Waals surface area contributed by atoms with Gasteiger partial charge in [0.15, 0.2) is 5.11 Å². The molecule has 0 saturated carbocycles. The number of aromatic nitrogens is 3. The van der Waals surface area contributed by atoms with Gasteiger partial charge in [0.1, 0.15) is 0 Å². The largest absolute Gasteiger partial charge is 0.352 e. The number of anilines is 1. The van der Waals surface area contributed by atoms with Crippen molar-refractivity contribution in [1.82, 2.24) is 24.8 Å². The lowest BCUT2D eigenvalue weighted by Crippen LogP contribution is -2.32. The first-order chi connectivity index (χ1) is 18.0. The van der Waals surface area contributed by atoms with E-state index in [-0.39, 0.29) is 18.0 Å². The lowest BCUT2D eigenvalue weighted by Gasteiger charge is -2.28. The predicted molar refractivity (Wildman–Crippen MR) is 149 cm³/mol. The molecule has 0 spiro atoms. The van der Waals surface area contributed by atoms with Gasteiger partial charge in [-0.05, 0) is 73.6 Å². The van der Waals surface area contributed by atoms with Crippen LogP contribution in [0.25, 0.3) is 0 Å². The number of rotatable bonds is 8. The molecule has 2 N–H and O–H groups in total. The van der Waals surface area contributed by atoms with Gasteiger partial charge in [-0.1, -0.05) is 30.3 Å². The zero-order valence-corrected chi connectivity index (χ0v) is 21.8. The van der Waals surface area contributed by atoms with E-state index in [2.05, 4.69) is 56.0 Å². The third-order valence-electron chi connectivity index (χ3n) is 6.83. The number of hydrogen-bond acceptors (Lipinski definition) is 4. The van der Waals surface area contributed by atoms with Crippen LogP contribution in [0.15, 0.2) is 85.3 Å². The van der Waals surface area contributed by atoms with Gasteiger partial charge < -0.3 is 20.1 Å². The van der Waals surface area contributed by atoms with Gasteiger partial charge in [-0.3, -0.25) is 14.8 Å². The highest BCUT2D eigenvalue weighted by Gasteiger charge is 2.41. The molecule has 1 aliphatic rings. The number of aryl methyl sites for hydroxylation is 1. The Kier molecular flexibility index (Phi) is 7.28. The van der Waals surface area contributed by atoms with Gasteiger partial charge in [-0.25, -0.2) is 0 Å². The summed E-state index contributed by atoms with van der Waals surface area (Å²) in [6.07, 6.45) is 5.81. The van der Waals surface area contributed by atoms with Crippen LogP contribution in [0, 0.1) is 13.8 Å². The summed E-state index contributed by atoms with van der Waals surface area (Å²) in [6.45, 7) is 5.51. The fraction of sp³-hybridized carbons (Fsp3) is 0.241. The Balaban J connectivity index is 1.44. The first-order valence-electron chi connectivity index (χ1n) is 12.4. The van der Waals surface area contributed by atoms with Crippen molar-refractivity contribution in [2.75, 3.05) is 11.9 Å². The second kappa shape index (κ2) is 10.9. The van der Waals surface area contributed by atoms with E-state index < -0.39 is 0 Å². The Morgan fingerprint density at radius 2 is 1.86 bits per heavy atom. The summed E-state index contributed by atoms with van der Waals surface area (Å²) < 4.78 is 2.31. The zero-order chi connectivity index (χ0) is 25.8. The number of nitrogens with one attached hydrogen (secondary N) is 2. The molecule has 8 heteroatoms. The molecular formula is C29H30N6OS. The molecular weight excluding hydrogens is 480 g/mol. The predicted octanol–water partition coefficient (Wildman–Crippen LogP) is 4.94. The molecule has 0 unspecified atom stereocenters. The molecule has 5 rings (SSSR count). The molecule has 0 bridgehead atoms. The standard InChI is InChI=1S/C29H30N6OS/c1-20-17-24(21(2)35(20)19-22-9-8-14-30-18-22)28-27(25-12-6-7-15-31-25)33-29(37)34(28)16-13-26(36)32-23-10-4-3-5-11-23/h3-12,14-15,17-18,27-28H,13,16,19H2,1-2H3,(H,32,36)(H,33,37)/t27-,28+/m1/s1. The molecule has 4 aromatic rings. The van der Waals surface area contributed by atoms with Crippen LogP contribution in [-0.4, -0.2) is 37.0 Å². The van der Waals surface area contributed by atoms with Crippen LogP contribution in [0.5, 0.6) is 0 Å². The molecule has 3 aromatic heterocycles. The molecule has 7 nitrogen and oxygen atoms in total. The highest BCUT2D eigenvalue weighted by molar-refractivity contribution is 7.80. The molecule has 0 aliphatic carbocycles. The Morgan fingerprint density at radius 1 is 1.05 bits per heavy atom. The summed E-state index contributed by atoms with van der Waals surface area (Å²) in [5.74, 6) is -0.0453. The number of carbonyl (C=O) groups excluding carboxylic acids is 1. The number of benzene rings is 1. The van der Waals surface area contributed by atoms with Crippen LogP contribution in [0.3, 0.4) is 0 Å². The van der Waals surface area contributed by atoms with Gasteiger partial charge in [0.2, 0.25) is 5.91 Å². The second-order valence-corrected chi connectivity index (χ2v) is 9.64. The van der Waals surface area contributed by atoms with Crippen LogP contribution < -0.4 is 10.6 Å². The minimum atomic E-state index is -0.127. The maximum Gasteiger partial charge on any atom is 0.226 e. The van der Waals surface area contributed by atoms with Crippen molar-refractivity contribution in [3.63, 3.8) is 0 Å². The third kappa shape index (κ3) is 5.39. The molecule has 188 valence electrons. The van der Waals surface area contributed by atoms with Crippen LogP contribution in [0.1, 0.15) is 46.7 Å². The molecule has 1 saturated heterocycles. The zero-order valence-electron chi connectivity index (χ0n) is 21.0. The van der Waals surface area contributed by atoms with Gasteiger partial charge in [-0.15, -0.1) is 0 Å². The van der Waals surface area contributed by atoms with Gasteiger partial charge in [0, 0.05) is 55.2 Å². The van der Waals surface area contributed by atoms with Crippen LogP contribution >= 0.6 is 12.2 Å². The number of carbonyl (C=O) groups is 1. The van der Waals surface area contributed by atoms with Crippen molar-refractivity contribution in [3.8, 4) is 0 Å². The Bertz CT molecular complexity index is 1370. The quantitative estimate of drug-likeness (QED) is 0.327. The Hall–Kier alpha value is -4.04. The number of para-hydroxylation sites is 1.